The quantitative estimate of drug-likeness (QED) is 0.617. The number of hydrogen-bond acceptors (Lipinski definition) is 1. The highest BCUT2D eigenvalue weighted by Gasteiger charge is 2.04. The molecule has 54 valence electrons. The van der Waals surface area contributed by atoms with Gasteiger partial charge in [-0.1, -0.05) is 27.4 Å². The number of rotatable bonds is 3. The van der Waals surface area contributed by atoms with Gasteiger partial charge < -0.3 is 5.73 Å². The standard InChI is InChI=1S/C8H17N/c1-6(2)5-7(3)8(4)9/h6-7H,4-5,9H2,1-3H3/t7-/m1/s1. The summed E-state index contributed by atoms with van der Waals surface area (Å²) in [6.07, 6.45) is 1.15. The van der Waals surface area contributed by atoms with Crippen molar-refractivity contribution in [2.45, 2.75) is 27.2 Å². The molecule has 1 atom stereocenters. The molecule has 0 unspecified atom stereocenters. The predicted octanol–water partition coefficient (Wildman–Crippen LogP) is 2.14. The van der Waals surface area contributed by atoms with Gasteiger partial charge in [-0.15, -0.1) is 0 Å². The summed E-state index contributed by atoms with van der Waals surface area (Å²) in [5.41, 5.74) is 6.30. The minimum atomic E-state index is 0.477. The van der Waals surface area contributed by atoms with Crippen molar-refractivity contribution in [1.29, 1.82) is 0 Å². The molecule has 0 aromatic heterocycles. The topological polar surface area (TPSA) is 26.0 Å². The highest BCUT2D eigenvalue weighted by molar-refractivity contribution is 4.91. The first-order chi connectivity index (χ1) is 4.04. The third-order valence-corrected chi connectivity index (χ3v) is 1.46. The van der Waals surface area contributed by atoms with Crippen LogP contribution in [-0.4, -0.2) is 0 Å². The van der Waals surface area contributed by atoms with E-state index in [9.17, 15) is 0 Å². The van der Waals surface area contributed by atoms with Gasteiger partial charge >= 0.3 is 0 Å². The van der Waals surface area contributed by atoms with Crippen molar-refractivity contribution in [3.8, 4) is 0 Å². The van der Waals surface area contributed by atoms with E-state index < -0.39 is 0 Å². The van der Waals surface area contributed by atoms with E-state index in [-0.39, 0.29) is 0 Å². The summed E-state index contributed by atoms with van der Waals surface area (Å²) < 4.78 is 0. The van der Waals surface area contributed by atoms with Gasteiger partial charge in [-0.2, -0.15) is 0 Å². The number of hydrogen-bond donors (Lipinski definition) is 1. The van der Waals surface area contributed by atoms with E-state index in [4.69, 9.17) is 5.73 Å². The van der Waals surface area contributed by atoms with E-state index in [0.29, 0.717) is 5.92 Å². The normalized spacial score (nSPS) is 13.8. The average molecular weight is 127 g/mol. The molecular weight excluding hydrogens is 110 g/mol. The Bertz CT molecular complexity index is 94.7. The van der Waals surface area contributed by atoms with Gasteiger partial charge in [0.2, 0.25) is 0 Å². The van der Waals surface area contributed by atoms with Crippen LogP contribution < -0.4 is 5.73 Å². The SMILES string of the molecule is C=C(N)[C@H](C)CC(C)C. The molecule has 0 aliphatic carbocycles. The molecule has 0 radical (unpaired) electrons. The van der Waals surface area contributed by atoms with E-state index in [1.165, 1.54) is 0 Å². The van der Waals surface area contributed by atoms with Crippen molar-refractivity contribution in [3.63, 3.8) is 0 Å². The Hall–Kier alpha value is -0.460. The van der Waals surface area contributed by atoms with Crippen molar-refractivity contribution in [2.75, 3.05) is 0 Å². The van der Waals surface area contributed by atoms with Crippen molar-refractivity contribution in [2.24, 2.45) is 17.6 Å². The Morgan fingerprint density at radius 3 is 2.00 bits per heavy atom. The minimum Gasteiger partial charge on any atom is -0.402 e. The molecule has 0 fully saturated rings. The molecule has 0 amide bonds. The van der Waals surface area contributed by atoms with Gasteiger partial charge in [0, 0.05) is 5.70 Å². The van der Waals surface area contributed by atoms with E-state index in [0.717, 1.165) is 18.0 Å². The molecule has 0 aromatic rings. The van der Waals surface area contributed by atoms with E-state index in [1.54, 1.807) is 0 Å². The first-order valence-electron chi connectivity index (χ1n) is 3.48. The first kappa shape index (κ1) is 8.54. The van der Waals surface area contributed by atoms with E-state index in [1.807, 2.05) is 0 Å². The van der Waals surface area contributed by atoms with Gasteiger partial charge in [0.1, 0.15) is 0 Å². The lowest BCUT2D eigenvalue weighted by Gasteiger charge is -2.12. The van der Waals surface area contributed by atoms with Crippen molar-refractivity contribution in [1.82, 2.24) is 0 Å². The van der Waals surface area contributed by atoms with Crippen LogP contribution in [0.4, 0.5) is 0 Å². The fraction of sp³-hybridized carbons (Fsp3) is 0.750. The van der Waals surface area contributed by atoms with Gasteiger partial charge in [-0.05, 0) is 18.3 Å². The fourth-order valence-electron chi connectivity index (χ4n) is 0.858. The van der Waals surface area contributed by atoms with Gasteiger partial charge in [-0.3, -0.25) is 0 Å². The summed E-state index contributed by atoms with van der Waals surface area (Å²) >= 11 is 0. The predicted molar refractivity (Wildman–Crippen MR) is 41.9 cm³/mol. The van der Waals surface area contributed by atoms with Crippen LogP contribution in [0.15, 0.2) is 12.3 Å². The van der Waals surface area contributed by atoms with Crippen LogP contribution in [0.2, 0.25) is 0 Å². The maximum atomic E-state index is 5.49. The average Bonchev–Trinajstić information content (AvgIpc) is 1.63. The molecule has 0 bridgehead atoms. The van der Waals surface area contributed by atoms with Crippen LogP contribution in [0.1, 0.15) is 27.2 Å². The molecule has 0 aliphatic rings. The Labute approximate surface area is 57.9 Å². The zero-order valence-corrected chi connectivity index (χ0v) is 6.65. The van der Waals surface area contributed by atoms with Crippen molar-refractivity contribution >= 4 is 0 Å². The second-order valence-electron chi connectivity index (χ2n) is 3.11. The zero-order chi connectivity index (χ0) is 7.44. The highest BCUT2D eigenvalue weighted by atomic mass is 14.6. The second kappa shape index (κ2) is 3.54. The lowest BCUT2D eigenvalue weighted by molar-refractivity contribution is 0.484. The van der Waals surface area contributed by atoms with Crippen LogP contribution in [0.5, 0.6) is 0 Å². The third kappa shape index (κ3) is 4.07. The van der Waals surface area contributed by atoms with Gasteiger partial charge in [0.25, 0.3) is 0 Å². The molecule has 0 rings (SSSR count). The monoisotopic (exact) mass is 127 g/mol. The molecule has 0 aliphatic heterocycles. The Morgan fingerprint density at radius 1 is 1.44 bits per heavy atom. The van der Waals surface area contributed by atoms with Crippen molar-refractivity contribution < 1.29 is 0 Å². The Balaban J connectivity index is 3.50. The Kier molecular flexibility index (Phi) is 3.36. The molecule has 9 heavy (non-hydrogen) atoms. The van der Waals surface area contributed by atoms with Crippen LogP contribution in [0, 0.1) is 11.8 Å². The molecule has 0 aromatic carbocycles. The van der Waals surface area contributed by atoms with Crippen LogP contribution in [0.25, 0.3) is 0 Å². The molecule has 0 spiro atoms. The molecule has 0 saturated heterocycles. The molecule has 1 nitrogen and oxygen atoms in total. The zero-order valence-electron chi connectivity index (χ0n) is 6.65. The molecule has 2 N–H and O–H groups in total. The number of allylic oxidation sites excluding steroid dienone is 1. The summed E-state index contributed by atoms with van der Waals surface area (Å²) in [6.45, 7) is 10.2. The summed E-state index contributed by atoms with van der Waals surface area (Å²) in [5, 5.41) is 0. The number of nitrogens with two attached hydrogens (primary N) is 1. The summed E-state index contributed by atoms with van der Waals surface area (Å²) in [4.78, 5) is 0. The Morgan fingerprint density at radius 2 is 1.89 bits per heavy atom. The van der Waals surface area contributed by atoms with E-state index >= 15 is 0 Å². The largest absolute Gasteiger partial charge is 0.402 e. The van der Waals surface area contributed by atoms with Gasteiger partial charge in [0.05, 0.1) is 0 Å². The summed E-state index contributed by atoms with van der Waals surface area (Å²) in [7, 11) is 0. The smallest absolute Gasteiger partial charge is 0.00363 e. The van der Waals surface area contributed by atoms with E-state index in [2.05, 4.69) is 27.4 Å². The first-order valence-corrected chi connectivity index (χ1v) is 3.48. The molecule has 0 saturated carbocycles. The van der Waals surface area contributed by atoms with Crippen LogP contribution in [0.3, 0.4) is 0 Å². The lowest BCUT2D eigenvalue weighted by Crippen LogP contribution is -2.09. The molecular formula is C8H17N. The molecule has 0 heterocycles. The lowest BCUT2D eigenvalue weighted by atomic mass is 9.97. The van der Waals surface area contributed by atoms with Crippen molar-refractivity contribution in [3.05, 3.63) is 12.3 Å². The maximum Gasteiger partial charge on any atom is 0.00363 e. The van der Waals surface area contributed by atoms with Gasteiger partial charge in [0.15, 0.2) is 0 Å². The molecule has 1 heteroatoms. The summed E-state index contributed by atoms with van der Waals surface area (Å²) in [5.74, 6) is 1.20. The minimum absolute atomic E-state index is 0.477. The third-order valence-electron chi connectivity index (χ3n) is 1.46. The fourth-order valence-corrected chi connectivity index (χ4v) is 0.858. The highest BCUT2D eigenvalue weighted by Crippen LogP contribution is 2.13. The van der Waals surface area contributed by atoms with Gasteiger partial charge in [-0.25, -0.2) is 0 Å². The summed E-state index contributed by atoms with van der Waals surface area (Å²) in [6, 6.07) is 0. The van der Waals surface area contributed by atoms with Crippen LogP contribution >= 0.6 is 0 Å². The second-order valence-corrected chi connectivity index (χ2v) is 3.11. The maximum absolute atomic E-state index is 5.49. The van der Waals surface area contributed by atoms with Crippen LogP contribution in [-0.2, 0) is 0 Å².